The van der Waals surface area contributed by atoms with Crippen molar-refractivity contribution in [1.82, 2.24) is 15.3 Å². The molecule has 1 aromatic heterocycles. The first-order valence-electron chi connectivity index (χ1n) is 6.81. The highest BCUT2D eigenvalue weighted by Gasteiger charge is 2.07. The third kappa shape index (κ3) is 4.97. The summed E-state index contributed by atoms with van der Waals surface area (Å²) in [5.41, 5.74) is 1.86. The normalized spacial score (nSPS) is 11.3. The van der Waals surface area contributed by atoms with Crippen LogP contribution in [0.15, 0.2) is 41.7 Å². The number of hydrogen-bond donors (Lipinski definition) is 3. The highest BCUT2D eigenvalue weighted by atomic mass is 32.2. The number of aromatic amines is 1. The molecule has 0 spiro atoms. The van der Waals surface area contributed by atoms with Gasteiger partial charge < -0.3 is 10.3 Å². The number of aryl methyl sites for hydroxylation is 1. The molecule has 2 aromatic rings. The van der Waals surface area contributed by atoms with Crippen LogP contribution in [0.5, 0.6) is 0 Å². The zero-order valence-electron chi connectivity index (χ0n) is 12.0. The van der Waals surface area contributed by atoms with Gasteiger partial charge in [-0.1, -0.05) is 12.1 Å². The van der Waals surface area contributed by atoms with E-state index in [1.54, 1.807) is 24.7 Å². The summed E-state index contributed by atoms with van der Waals surface area (Å²) in [4.78, 5) is 18.6. The fourth-order valence-electron chi connectivity index (χ4n) is 1.95. The first-order valence-corrected chi connectivity index (χ1v) is 8.35. The maximum Gasteiger partial charge on any atom is 0.238 e. The number of nitrogens with one attached hydrogen (secondary N) is 2. The maximum atomic E-state index is 11.7. The van der Waals surface area contributed by atoms with Gasteiger partial charge in [0.1, 0.15) is 0 Å². The maximum absolute atomic E-state index is 11.7. The highest BCUT2D eigenvalue weighted by Crippen LogP contribution is 2.08. The van der Waals surface area contributed by atoms with Gasteiger partial charge in [-0.15, -0.1) is 0 Å². The van der Waals surface area contributed by atoms with Gasteiger partial charge in [-0.2, -0.15) is 0 Å². The predicted octanol–water partition coefficient (Wildman–Crippen LogP) is 0.349. The standard InChI is InChI=1S/C14H18N4O3S/c15-22(20,21)13-4-1-11(2-5-13)7-8-17-14(19)6-3-12-9-16-10-18-12/h1-2,4-5,9-10H,3,6-8H2,(H,16,18)(H,17,19)(H2,15,20,21). The molecule has 0 unspecified atom stereocenters. The molecule has 118 valence electrons. The number of amides is 1. The van der Waals surface area contributed by atoms with Gasteiger partial charge in [0.25, 0.3) is 0 Å². The number of sulfonamides is 1. The van der Waals surface area contributed by atoms with Crippen LogP contribution in [0.4, 0.5) is 0 Å². The molecule has 0 aliphatic carbocycles. The third-order valence-electron chi connectivity index (χ3n) is 3.16. The molecular formula is C14H18N4O3S. The Balaban J connectivity index is 1.73. The quantitative estimate of drug-likeness (QED) is 0.681. The van der Waals surface area contributed by atoms with Crippen molar-refractivity contribution >= 4 is 15.9 Å². The fraction of sp³-hybridized carbons (Fsp3) is 0.286. The first kappa shape index (κ1) is 16.2. The Kier molecular flexibility index (Phi) is 5.29. The van der Waals surface area contributed by atoms with E-state index in [0.717, 1.165) is 11.3 Å². The highest BCUT2D eigenvalue weighted by molar-refractivity contribution is 7.89. The van der Waals surface area contributed by atoms with Crippen LogP contribution in [0.3, 0.4) is 0 Å². The van der Waals surface area contributed by atoms with E-state index < -0.39 is 10.0 Å². The number of H-pyrrole nitrogens is 1. The summed E-state index contributed by atoms with van der Waals surface area (Å²) in [6.45, 7) is 0.497. The van der Waals surface area contributed by atoms with Crippen LogP contribution >= 0.6 is 0 Å². The van der Waals surface area contributed by atoms with Crippen LogP contribution < -0.4 is 10.5 Å². The van der Waals surface area contributed by atoms with Gasteiger partial charge in [-0.25, -0.2) is 18.5 Å². The summed E-state index contributed by atoms with van der Waals surface area (Å²) in [5.74, 6) is -0.0317. The largest absolute Gasteiger partial charge is 0.356 e. The Hall–Kier alpha value is -2.19. The van der Waals surface area contributed by atoms with Crippen molar-refractivity contribution in [2.75, 3.05) is 6.54 Å². The molecule has 0 aliphatic heterocycles. The number of imidazole rings is 1. The van der Waals surface area contributed by atoms with Gasteiger partial charge in [0.2, 0.25) is 15.9 Å². The summed E-state index contributed by atoms with van der Waals surface area (Å²) >= 11 is 0. The Bertz CT molecular complexity index is 709. The summed E-state index contributed by atoms with van der Waals surface area (Å²) in [6.07, 6.45) is 4.92. The van der Waals surface area contributed by atoms with Crippen molar-refractivity contribution in [3.05, 3.63) is 48.0 Å². The SMILES string of the molecule is NS(=O)(=O)c1ccc(CCNC(=O)CCc2cnc[nH]2)cc1. The summed E-state index contributed by atoms with van der Waals surface area (Å²) in [7, 11) is -3.66. The zero-order chi connectivity index (χ0) is 16.0. The molecule has 0 saturated carbocycles. The fourth-order valence-corrected chi connectivity index (χ4v) is 2.47. The van der Waals surface area contributed by atoms with Gasteiger partial charge in [0.15, 0.2) is 0 Å². The third-order valence-corrected chi connectivity index (χ3v) is 4.09. The molecule has 0 fully saturated rings. The second kappa shape index (κ2) is 7.19. The molecule has 1 aromatic carbocycles. The minimum atomic E-state index is -3.66. The van der Waals surface area contributed by atoms with Gasteiger partial charge in [-0.05, 0) is 30.5 Å². The number of carbonyl (C=O) groups excluding carboxylic acids is 1. The molecule has 1 heterocycles. The number of carbonyl (C=O) groups is 1. The van der Waals surface area contributed by atoms with Crippen LogP contribution in [-0.2, 0) is 27.7 Å². The molecule has 2 rings (SSSR count). The Morgan fingerprint density at radius 1 is 1.23 bits per heavy atom. The molecule has 1 amide bonds. The number of rotatable bonds is 7. The van der Waals surface area contributed by atoms with E-state index in [1.165, 1.54) is 12.1 Å². The van der Waals surface area contributed by atoms with Crippen molar-refractivity contribution in [1.29, 1.82) is 0 Å². The van der Waals surface area contributed by atoms with Gasteiger partial charge in [-0.3, -0.25) is 4.79 Å². The smallest absolute Gasteiger partial charge is 0.238 e. The van der Waals surface area contributed by atoms with E-state index in [9.17, 15) is 13.2 Å². The van der Waals surface area contributed by atoms with Crippen LogP contribution in [0.2, 0.25) is 0 Å². The van der Waals surface area contributed by atoms with Crippen LogP contribution in [0, 0.1) is 0 Å². The zero-order valence-corrected chi connectivity index (χ0v) is 12.8. The molecule has 8 heteroatoms. The lowest BCUT2D eigenvalue weighted by molar-refractivity contribution is -0.121. The van der Waals surface area contributed by atoms with E-state index in [4.69, 9.17) is 5.14 Å². The van der Waals surface area contributed by atoms with Gasteiger partial charge in [0.05, 0.1) is 11.2 Å². The Morgan fingerprint density at radius 3 is 2.55 bits per heavy atom. The minimum Gasteiger partial charge on any atom is -0.356 e. The van der Waals surface area contributed by atoms with Crippen LogP contribution in [0.1, 0.15) is 17.7 Å². The molecule has 4 N–H and O–H groups in total. The lowest BCUT2D eigenvalue weighted by atomic mass is 10.1. The average Bonchev–Trinajstić information content (AvgIpc) is 2.98. The Labute approximate surface area is 129 Å². The van der Waals surface area contributed by atoms with E-state index in [1.807, 2.05) is 0 Å². The monoisotopic (exact) mass is 322 g/mol. The molecule has 0 aliphatic rings. The predicted molar refractivity (Wildman–Crippen MR) is 81.4 cm³/mol. The van der Waals surface area contributed by atoms with Crippen molar-refractivity contribution in [3.8, 4) is 0 Å². The van der Waals surface area contributed by atoms with Crippen LogP contribution in [0.25, 0.3) is 0 Å². The lowest BCUT2D eigenvalue weighted by Crippen LogP contribution is -2.25. The van der Waals surface area contributed by atoms with Crippen molar-refractivity contribution in [2.45, 2.75) is 24.2 Å². The number of hydrogen-bond acceptors (Lipinski definition) is 4. The van der Waals surface area contributed by atoms with Gasteiger partial charge >= 0.3 is 0 Å². The minimum absolute atomic E-state index is 0.0317. The molecule has 0 atom stereocenters. The summed E-state index contributed by atoms with van der Waals surface area (Å²) < 4.78 is 22.3. The van der Waals surface area contributed by atoms with Gasteiger partial charge in [0, 0.05) is 24.9 Å². The molecule has 22 heavy (non-hydrogen) atoms. The molecular weight excluding hydrogens is 304 g/mol. The number of primary sulfonamides is 1. The summed E-state index contributed by atoms with van der Waals surface area (Å²) in [6, 6.07) is 6.31. The number of nitrogens with two attached hydrogens (primary N) is 1. The first-order chi connectivity index (χ1) is 10.4. The van der Waals surface area contributed by atoms with E-state index in [-0.39, 0.29) is 10.8 Å². The number of nitrogens with zero attached hydrogens (tertiary/aromatic N) is 1. The molecule has 0 radical (unpaired) electrons. The van der Waals surface area contributed by atoms with Crippen molar-refractivity contribution in [3.63, 3.8) is 0 Å². The van der Waals surface area contributed by atoms with Crippen molar-refractivity contribution < 1.29 is 13.2 Å². The molecule has 0 saturated heterocycles. The van der Waals surface area contributed by atoms with Crippen LogP contribution in [-0.4, -0.2) is 30.8 Å². The second-order valence-electron chi connectivity index (χ2n) is 4.87. The molecule has 0 bridgehead atoms. The topological polar surface area (TPSA) is 118 Å². The van der Waals surface area contributed by atoms with E-state index in [2.05, 4.69) is 15.3 Å². The lowest BCUT2D eigenvalue weighted by Gasteiger charge is -2.06. The number of aromatic nitrogens is 2. The Morgan fingerprint density at radius 2 is 1.95 bits per heavy atom. The second-order valence-corrected chi connectivity index (χ2v) is 6.43. The average molecular weight is 322 g/mol. The van der Waals surface area contributed by atoms with E-state index in [0.29, 0.717) is 25.8 Å². The van der Waals surface area contributed by atoms with Crippen molar-refractivity contribution in [2.24, 2.45) is 5.14 Å². The van der Waals surface area contributed by atoms with E-state index >= 15 is 0 Å². The molecule has 7 nitrogen and oxygen atoms in total. The summed E-state index contributed by atoms with van der Waals surface area (Å²) in [5, 5.41) is 7.85. The number of benzene rings is 1.